The molecule has 0 radical (unpaired) electrons. The second-order valence-corrected chi connectivity index (χ2v) is 7.77. The second-order valence-electron chi connectivity index (χ2n) is 6.91. The third-order valence-electron chi connectivity index (χ3n) is 4.91. The lowest BCUT2D eigenvalue weighted by molar-refractivity contribution is 0.417. The lowest BCUT2D eigenvalue weighted by Crippen LogP contribution is -2.00. The van der Waals surface area contributed by atoms with Crippen molar-refractivity contribution in [3.8, 4) is 28.6 Å². The molecule has 0 saturated carbocycles. The highest BCUT2D eigenvalue weighted by atomic mass is 79.9. The van der Waals surface area contributed by atoms with Gasteiger partial charge in [-0.05, 0) is 64.8 Å². The van der Waals surface area contributed by atoms with Crippen molar-refractivity contribution in [1.29, 1.82) is 0 Å². The first kappa shape index (κ1) is 19.3. The third kappa shape index (κ3) is 3.42. The number of benzene rings is 2. The van der Waals surface area contributed by atoms with E-state index < -0.39 is 0 Å². The number of pyridine rings is 1. The zero-order valence-electron chi connectivity index (χ0n) is 16.7. The van der Waals surface area contributed by atoms with Gasteiger partial charge in [0, 0.05) is 17.8 Å². The van der Waals surface area contributed by atoms with Gasteiger partial charge in [-0.1, -0.05) is 0 Å². The molecule has 0 atom stereocenters. The second kappa shape index (κ2) is 7.51. The van der Waals surface area contributed by atoms with Crippen molar-refractivity contribution >= 4 is 38.3 Å². The summed E-state index contributed by atoms with van der Waals surface area (Å²) in [6.45, 7) is 1.97. The fourth-order valence-electron chi connectivity index (χ4n) is 3.42. The normalized spacial score (nSPS) is 11.2. The van der Waals surface area contributed by atoms with Crippen molar-refractivity contribution in [2.24, 2.45) is 0 Å². The van der Waals surface area contributed by atoms with E-state index in [-0.39, 0.29) is 0 Å². The average Bonchev–Trinajstić information content (AvgIpc) is 3.23. The van der Waals surface area contributed by atoms with Crippen molar-refractivity contribution < 1.29 is 9.47 Å². The lowest BCUT2D eigenvalue weighted by atomic mass is 10.1. The van der Waals surface area contributed by atoms with Gasteiger partial charge in [0.05, 0.1) is 22.5 Å². The molecule has 8 nitrogen and oxygen atoms in total. The van der Waals surface area contributed by atoms with E-state index in [1.54, 1.807) is 17.8 Å². The molecule has 0 spiro atoms. The molecule has 2 aromatic carbocycles. The van der Waals surface area contributed by atoms with Crippen LogP contribution < -0.4 is 15.2 Å². The van der Waals surface area contributed by atoms with Crippen LogP contribution in [0.15, 0.2) is 59.5 Å². The zero-order valence-corrected chi connectivity index (χ0v) is 18.3. The van der Waals surface area contributed by atoms with Gasteiger partial charge in [-0.15, -0.1) is 0 Å². The van der Waals surface area contributed by atoms with Crippen LogP contribution in [0.5, 0.6) is 17.2 Å². The molecule has 0 aliphatic carbocycles. The number of hydrogen-bond acceptors (Lipinski definition) is 7. The summed E-state index contributed by atoms with van der Waals surface area (Å²) in [6.07, 6.45) is 3.31. The summed E-state index contributed by atoms with van der Waals surface area (Å²) in [5.74, 6) is 2.92. The van der Waals surface area contributed by atoms with Crippen molar-refractivity contribution in [2.45, 2.75) is 6.92 Å². The predicted octanol–water partition coefficient (Wildman–Crippen LogP) is 4.79. The third-order valence-corrected chi connectivity index (χ3v) is 5.54. The number of nitrogens with zero attached hydrogens (tertiary/aromatic N) is 5. The minimum absolute atomic E-state index is 0.359. The molecule has 3 heterocycles. The molecule has 0 aliphatic rings. The molecular formula is C22H17BrN6O2. The molecule has 0 amide bonds. The SMILES string of the molecule is COc1c(Br)ccc2nc(-c3ccc(Oc4ccn5ncnc5c4)c(C)c3)nc(N)c12. The fraction of sp³-hybridized carbons (Fsp3) is 0.0909. The van der Waals surface area contributed by atoms with Crippen LogP contribution in [-0.4, -0.2) is 31.7 Å². The number of anilines is 1. The van der Waals surface area contributed by atoms with E-state index in [0.717, 1.165) is 21.3 Å². The Morgan fingerprint density at radius 2 is 1.94 bits per heavy atom. The average molecular weight is 477 g/mol. The van der Waals surface area contributed by atoms with Gasteiger partial charge >= 0.3 is 0 Å². The number of halogens is 1. The molecular weight excluding hydrogens is 460 g/mol. The summed E-state index contributed by atoms with van der Waals surface area (Å²) in [6, 6.07) is 13.2. The Labute approximate surface area is 185 Å². The smallest absolute Gasteiger partial charge is 0.162 e. The Morgan fingerprint density at radius 1 is 1.06 bits per heavy atom. The maximum Gasteiger partial charge on any atom is 0.162 e. The van der Waals surface area contributed by atoms with Crippen LogP contribution in [0, 0.1) is 6.92 Å². The van der Waals surface area contributed by atoms with Gasteiger partial charge in [-0.25, -0.2) is 19.5 Å². The van der Waals surface area contributed by atoms with E-state index in [9.17, 15) is 0 Å². The number of aryl methyl sites for hydroxylation is 1. The van der Waals surface area contributed by atoms with E-state index in [0.29, 0.717) is 39.7 Å². The molecule has 0 unspecified atom stereocenters. The minimum atomic E-state index is 0.359. The van der Waals surface area contributed by atoms with E-state index in [1.807, 2.05) is 49.4 Å². The Morgan fingerprint density at radius 3 is 2.74 bits per heavy atom. The Hall–Kier alpha value is -3.72. The number of hydrogen-bond donors (Lipinski definition) is 1. The summed E-state index contributed by atoms with van der Waals surface area (Å²) in [7, 11) is 1.59. The first-order valence-electron chi connectivity index (χ1n) is 9.41. The zero-order chi connectivity index (χ0) is 21.5. The standard InChI is InChI=1S/C22H17BrN6O2/c1-12-9-13(3-6-17(12)31-14-7-8-29-18(10-14)25-11-26-29)22-27-16-5-4-15(23)20(30-2)19(16)21(24)28-22/h3-11H,1-2H3,(H2,24,27,28). The summed E-state index contributed by atoms with van der Waals surface area (Å²) in [5.41, 5.74) is 9.46. The summed E-state index contributed by atoms with van der Waals surface area (Å²) in [5, 5.41) is 4.77. The molecule has 5 aromatic rings. The fourth-order valence-corrected chi connectivity index (χ4v) is 3.91. The van der Waals surface area contributed by atoms with Gasteiger partial charge in [-0.2, -0.15) is 5.10 Å². The Balaban J connectivity index is 1.50. The molecule has 0 bridgehead atoms. The molecule has 2 N–H and O–H groups in total. The molecule has 0 aliphatic heterocycles. The highest BCUT2D eigenvalue weighted by Crippen LogP contribution is 2.37. The molecule has 0 saturated heterocycles. The molecule has 9 heteroatoms. The minimum Gasteiger partial charge on any atom is -0.495 e. The number of aromatic nitrogens is 5. The van der Waals surface area contributed by atoms with E-state index >= 15 is 0 Å². The number of fused-ring (bicyclic) bond motifs is 2. The van der Waals surface area contributed by atoms with Crippen LogP contribution in [0.25, 0.3) is 27.9 Å². The summed E-state index contributed by atoms with van der Waals surface area (Å²) >= 11 is 3.47. The van der Waals surface area contributed by atoms with Crippen LogP contribution in [0.4, 0.5) is 5.82 Å². The molecule has 0 fully saturated rings. The largest absolute Gasteiger partial charge is 0.495 e. The maximum atomic E-state index is 6.26. The van der Waals surface area contributed by atoms with Crippen LogP contribution >= 0.6 is 15.9 Å². The van der Waals surface area contributed by atoms with Gasteiger partial charge in [0.15, 0.2) is 11.5 Å². The van der Waals surface area contributed by atoms with Gasteiger partial charge in [0.2, 0.25) is 0 Å². The predicted molar refractivity (Wildman–Crippen MR) is 121 cm³/mol. The number of methoxy groups -OCH3 is 1. The van der Waals surface area contributed by atoms with Crippen molar-refractivity contribution in [1.82, 2.24) is 24.6 Å². The van der Waals surface area contributed by atoms with Gasteiger partial charge in [-0.3, -0.25) is 0 Å². The number of ether oxygens (including phenoxy) is 2. The topological polar surface area (TPSA) is 100 Å². The van der Waals surface area contributed by atoms with E-state index in [2.05, 4.69) is 36.0 Å². The number of nitrogen functional groups attached to an aromatic ring is 1. The summed E-state index contributed by atoms with van der Waals surface area (Å²) < 4.78 is 14.0. The van der Waals surface area contributed by atoms with E-state index in [4.69, 9.17) is 15.2 Å². The van der Waals surface area contributed by atoms with Crippen LogP contribution in [0.2, 0.25) is 0 Å². The van der Waals surface area contributed by atoms with Crippen molar-refractivity contribution in [2.75, 3.05) is 12.8 Å². The summed E-state index contributed by atoms with van der Waals surface area (Å²) in [4.78, 5) is 13.4. The molecule has 5 rings (SSSR count). The first-order valence-corrected chi connectivity index (χ1v) is 10.2. The van der Waals surface area contributed by atoms with Crippen LogP contribution in [0.1, 0.15) is 5.56 Å². The quantitative estimate of drug-likeness (QED) is 0.397. The Bertz CT molecular complexity index is 1450. The van der Waals surface area contributed by atoms with E-state index in [1.165, 1.54) is 6.33 Å². The Kier molecular flexibility index (Phi) is 4.67. The molecule has 3 aromatic heterocycles. The van der Waals surface area contributed by atoms with Crippen LogP contribution in [0.3, 0.4) is 0 Å². The first-order chi connectivity index (χ1) is 15.0. The van der Waals surface area contributed by atoms with Crippen LogP contribution in [-0.2, 0) is 0 Å². The maximum absolute atomic E-state index is 6.26. The lowest BCUT2D eigenvalue weighted by Gasteiger charge is -2.12. The van der Waals surface area contributed by atoms with Crippen molar-refractivity contribution in [3.63, 3.8) is 0 Å². The number of rotatable bonds is 4. The van der Waals surface area contributed by atoms with Gasteiger partial charge < -0.3 is 15.2 Å². The highest BCUT2D eigenvalue weighted by molar-refractivity contribution is 9.10. The monoisotopic (exact) mass is 476 g/mol. The van der Waals surface area contributed by atoms with Gasteiger partial charge in [0.1, 0.15) is 29.4 Å². The number of nitrogens with two attached hydrogens (primary N) is 1. The molecule has 154 valence electrons. The van der Waals surface area contributed by atoms with Gasteiger partial charge in [0.25, 0.3) is 0 Å². The van der Waals surface area contributed by atoms with Crippen molar-refractivity contribution in [3.05, 3.63) is 65.0 Å². The highest BCUT2D eigenvalue weighted by Gasteiger charge is 2.15. The molecule has 31 heavy (non-hydrogen) atoms.